The minimum atomic E-state index is -0.151. The largest absolute Gasteiger partial charge is 0.365 e. The van der Waals surface area contributed by atoms with Crippen molar-refractivity contribution in [3.63, 3.8) is 0 Å². The van der Waals surface area contributed by atoms with Crippen LogP contribution in [0.15, 0.2) is 24.3 Å². The van der Waals surface area contributed by atoms with E-state index in [1.54, 1.807) is 6.07 Å². The Bertz CT molecular complexity index is 440. The fourth-order valence-corrected chi connectivity index (χ4v) is 3.19. The summed E-state index contributed by atoms with van der Waals surface area (Å²) in [5, 5.41) is 3.74. The zero-order chi connectivity index (χ0) is 14.8. The molecule has 1 unspecified atom stereocenters. The van der Waals surface area contributed by atoms with E-state index in [9.17, 15) is 4.39 Å². The molecule has 0 bridgehead atoms. The molecule has 1 aromatic carbocycles. The van der Waals surface area contributed by atoms with E-state index in [0.29, 0.717) is 12.0 Å². The molecule has 3 heteroatoms. The highest BCUT2D eigenvalue weighted by Crippen LogP contribution is 2.30. The fraction of sp³-hybridized carbons (Fsp3) is 0.647. The molecule has 1 saturated heterocycles. The van der Waals surface area contributed by atoms with Crippen LogP contribution in [-0.2, 0) is 0 Å². The Hall–Kier alpha value is -1.09. The Balaban J connectivity index is 2.32. The number of benzene rings is 1. The van der Waals surface area contributed by atoms with Crippen molar-refractivity contribution in [1.82, 2.24) is 5.32 Å². The van der Waals surface area contributed by atoms with E-state index in [1.165, 1.54) is 6.07 Å². The maximum atomic E-state index is 13.6. The number of halogens is 1. The van der Waals surface area contributed by atoms with Crippen LogP contribution in [-0.4, -0.2) is 24.7 Å². The Kier molecular flexibility index (Phi) is 4.69. The molecular formula is C17H27FN2. The van der Waals surface area contributed by atoms with Crippen LogP contribution >= 0.6 is 0 Å². The van der Waals surface area contributed by atoms with Crippen molar-refractivity contribution in [3.8, 4) is 0 Å². The molecular weight excluding hydrogens is 251 g/mol. The molecule has 1 heterocycles. The smallest absolute Gasteiger partial charge is 0.125 e. The maximum absolute atomic E-state index is 13.6. The van der Waals surface area contributed by atoms with Crippen molar-refractivity contribution in [3.05, 3.63) is 30.1 Å². The summed E-state index contributed by atoms with van der Waals surface area (Å²) in [6.07, 6.45) is 2.19. The van der Waals surface area contributed by atoms with Crippen molar-refractivity contribution in [2.75, 3.05) is 18.0 Å². The third-order valence-corrected chi connectivity index (χ3v) is 4.82. The van der Waals surface area contributed by atoms with Gasteiger partial charge in [0, 0.05) is 30.4 Å². The van der Waals surface area contributed by atoms with Gasteiger partial charge in [-0.25, -0.2) is 4.39 Å². The quantitative estimate of drug-likeness (QED) is 0.900. The minimum absolute atomic E-state index is 0.151. The lowest BCUT2D eigenvalue weighted by Gasteiger charge is -2.50. The van der Waals surface area contributed by atoms with Crippen LogP contribution in [0.3, 0.4) is 0 Å². The van der Waals surface area contributed by atoms with Crippen LogP contribution in [0.1, 0.15) is 40.5 Å². The number of nitrogens with zero attached hydrogens (tertiary/aromatic N) is 1. The first-order chi connectivity index (χ1) is 9.51. The SMILES string of the molecule is CCC1(CC)CN(c2cccc(F)c2)C(C(C)C)CN1. The van der Waals surface area contributed by atoms with E-state index in [1.807, 2.05) is 12.1 Å². The highest BCUT2D eigenvalue weighted by Gasteiger charge is 2.37. The van der Waals surface area contributed by atoms with E-state index in [0.717, 1.165) is 31.6 Å². The summed E-state index contributed by atoms with van der Waals surface area (Å²) >= 11 is 0. The summed E-state index contributed by atoms with van der Waals surface area (Å²) < 4.78 is 13.6. The molecule has 1 fully saturated rings. The summed E-state index contributed by atoms with van der Waals surface area (Å²) in [5.74, 6) is 0.389. The van der Waals surface area contributed by atoms with Gasteiger partial charge in [-0.1, -0.05) is 33.8 Å². The summed E-state index contributed by atoms with van der Waals surface area (Å²) in [6.45, 7) is 10.9. The molecule has 112 valence electrons. The molecule has 0 spiro atoms. The lowest BCUT2D eigenvalue weighted by Crippen LogP contribution is -2.65. The van der Waals surface area contributed by atoms with Crippen LogP contribution in [0.5, 0.6) is 0 Å². The Labute approximate surface area is 122 Å². The second-order valence-electron chi connectivity index (χ2n) is 6.29. The van der Waals surface area contributed by atoms with Gasteiger partial charge < -0.3 is 10.2 Å². The average molecular weight is 278 g/mol. The predicted octanol–water partition coefficient (Wildman–Crippen LogP) is 3.82. The number of piperazine rings is 1. The van der Waals surface area contributed by atoms with Gasteiger partial charge in [-0.15, -0.1) is 0 Å². The van der Waals surface area contributed by atoms with Crippen LogP contribution in [0, 0.1) is 11.7 Å². The lowest BCUT2D eigenvalue weighted by molar-refractivity contribution is 0.227. The Morgan fingerprint density at radius 3 is 2.60 bits per heavy atom. The number of rotatable bonds is 4. The van der Waals surface area contributed by atoms with Gasteiger partial charge >= 0.3 is 0 Å². The first-order valence-corrected chi connectivity index (χ1v) is 7.78. The van der Waals surface area contributed by atoms with Gasteiger partial charge in [-0.05, 0) is 37.0 Å². The Morgan fingerprint density at radius 2 is 2.05 bits per heavy atom. The van der Waals surface area contributed by atoms with Crippen LogP contribution in [0.4, 0.5) is 10.1 Å². The molecule has 20 heavy (non-hydrogen) atoms. The normalized spacial score (nSPS) is 22.3. The number of anilines is 1. The van der Waals surface area contributed by atoms with Gasteiger partial charge in [-0.3, -0.25) is 0 Å². The third kappa shape index (κ3) is 2.98. The molecule has 0 amide bonds. The van der Waals surface area contributed by atoms with Gasteiger partial charge in [0.05, 0.1) is 0 Å². The highest BCUT2D eigenvalue weighted by molar-refractivity contribution is 5.49. The van der Waals surface area contributed by atoms with Gasteiger partial charge in [0.2, 0.25) is 0 Å². The van der Waals surface area contributed by atoms with Crippen LogP contribution < -0.4 is 10.2 Å². The van der Waals surface area contributed by atoms with E-state index in [2.05, 4.69) is 37.9 Å². The van der Waals surface area contributed by atoms with Crippen molar-refractivity contribution >= 4 is 5.69 Å². The zero-order valence-corrected chi connectivity index (χ0v) is 13.1. The monoisotopic (exact) mass is 278 g/mol. The molecule has 0 saturated carbocycles. The molecule has 0 aromatic heterocycles. The third-order valence-electron chi connectivity index (χ3n) is 4.82. The topological polar surface area (TPSA) is 15.3 Å². The van der Waals surface area contributed by atoms with E-state index < -0.39 is 0 Å². The standard InChI is InChI=1S/C17H27FN2/c1-5-17(6-2)12-20(16(11-19-17)13(3)4)15-9-7-8-14(18)10-15/h7-10,13,16,19H,5-6,11-12H2,1-4H3. The highest BCUT2D eigenvalue weighted by atomic mass is 19.1. The summed E-state index contributed by atoms with van der Waals surface area (Å²) in [7, 11) is 0. The van der Waals surface area contributed by atoms with Crippen molar-refractivity contribution in [2.24, 2.45) is 5.92 Å². The molecule has 2 nitrogen and oxygen atoms in total. The molecule has 0 radical (unpaired) electrons. The van der Waals surface area contributed by atoms with Crippen LogP contribution in [0.25, 0.3) is 0 Å². The molecule has 1 aromatic rings. The molecule has 2 rings (SSSR count). The second kappa shape index (κ2) is 6.13. The predicted molar refractivity (Wildman–Crippen MR) is 83.7 cm³/mol. The van der Waals surface area contributed by atoms with E-state index >= 15 is 0 Å². The maximum Gasteiger partial charge on any atom is 0.125 e. The lowest BCUT2D eigenvalue weighted by atomic mass is 9.86. The molecule has 1 aliphatic heterocycles. The first kappa shape index (κ1) is 15.3. The second-order valence-corrected chi connectivity index (χ2v) is 6.29. The van der Waals surface area contributed by atoms with Crippen molar-refractivity contribution in [1.29, 1.82) is 0 Å². The van der Waals surface area contributed by atoms with E-state index in [4.69, 9.17) is 0 Å². The number of hydrogen-bond donors (Lipinski definition) is 1. The molecule has 0 aliphatic carbocycles. The summed E-state index contributed by atoms with van der Waals surface area (Å²) in [6, 6.07) is 7.44. The number of hydrogen-bond acceptors (Lipinski definition) is 2. The Morgan fingerprint density at radius 1 is 1.35 bits per heavy atom. The molecule has 1 aliphatic rings. The van der Waals surface area contributed by atoms with E-state index in [-0.39, 0.29) is 11.4 Å². The minimum Gasteiger partial charge on any atom is -0.365 e. The van der Waals surface area contributed by atoms with Gasteiger partial charge in [-0.2, -0.15) is 0 Å². The molecule has 1 atom stereocenters. The average Bonchev–Trinajstić information content (AvgIpc) is 2.46. The fourth-order valence-electron chi connectivity index (χ4n) is 3.19. The first-order valence-electron chi connectivity index (χ1n) is 7.78. The van der Waals surface area contributed by atoms with Gasteiger partial charge in [0.1, 0.15) is 5.82 Å². The summed E-state index contributed by atoms with van der Waals surface area (Å²) in [5.41, 5.74) is 1.16. The summed E-state index contributed by atoms with van der Waals surface area (Å²) in [4.78, 5) is 2.40. The van der Waals surface area contributed by atoms with Gasteiger partial charge in [0.25, 0.3) is 0 Å². The number of nitrogens with one attached hydrogen (secondary N) is 1. The zero-order valence-electron chi connectivity index (χ0n) is 13.1. The van der Waals surface area contributed by atoms with Gasteiger partial charge in [0.15, 0.2) is 0 Å². The van der Waals surface area contributed by atoms with Crippen molar-refractivity contribution in [2.45, 2.75) is 52.1 Å². The molecule has 1 N–H and O–H groups in total. The van der Waals surface area contributed by atoms with Crippen molar-refractivity contribution < 1.29 is 4.39 Å². The van der Waals surface area contributed by atoms with Crippen LogP contribution in [0.2, 0.25) is 0 Å².